The lowest BCUT2D eigenvalue weighted by molar-refractivity contribution is -0.158. The van der Waals surface area contributed by atoms with E-state index in [1.54, 1.807) is 0 Å². The van der Waals surface area contributed by atoms with Gasteiger partial charge in [-0.25, -0.2) is 0 Å². The second-order valence-electron chi connectivity index (χ2n) is 7.21. The van der Waals surface area contributed by atoms with Gasteiger partial charge in [0, 0.05) is 35.6 Å². The number of ether oxygens (including phenoxy) is 1. The summed E-state index contributed by atoms with van der Waals surface area (Å²) in [6, 6.07) is 6.98. The van der Waals surface area contributed by atoms with Crippen LogP contribution in [-0.2, 0) is 16.0 Å². The smallest absolute Gasteiger partial charge is 0.313 e. The van der Waals surface area contributed by atoms with Gasteiger partial charge in [0.1, 0.15) is 0 Å². The van der Waals surface area contributed by atoms with Gasteiger partial charge in [0.05, 0.1) is 12.5 Å². The van der Waals surface area contributed by atoms with Crippen LogP contribution < -0.4 is 0 Å². The first kappa shape index (κ1) is 14.8. The van der Waals surface area contributed by atoms with Gasteiger partial charge in [0.2, 0.25) is 0 Å². The van der Waals surface area contributed by atoms with Crippen LogP contribution in [0.3, 0.4) is 0 Å². The summed E-state index contributed by atoms with van der Waals surface area (Å²) in [5.74, 6) is 0.331. The van der Waals surface area contributed by atoms with Crippen LogP contribution >= 0.6 is 0 Å². The molecule has 122 valence electrons. The Morgan fingerprint density at radius 3 is 3.04 bits per heavy atom. The number of carbonyl (C=O) groups is 1. The summed E-state index contributed by atoms with van der Waals surface area (Å²) in [6.45, 7) is 2.89. The van der Waals surface area contributed by atoms with E-state index in [9.17, 15) is 4.79 Å². The maximum absolute atomic E-state index is 12.5. The molecule has 3 atom stereocenters. The topological polar surface area (TPSA) is 45.3 Å². The number of rotatable bonds is 2. The lowest BCUT2D eigenvalue weighted by Crippen LogP contribution is -2.55. The molecule has 1 fully saturated rings. The fraction of sp³-hybridized carbons (Fsp3) is 0.526. The third-order valence-electron chi connectivity index (χ3n) is 6.14. The van der Waals surface area contributed by atoms with E-state index >= 15 is 0 Å². The molecule has 1 aliphatic carbocycles. The Morgan fingerprint density at radius 2 is 2.30 bits per heavy atom. The summed E-state index contributed by atoms with van der Waals surface area (Å²) in [7, 11) is 3.67. The number of benzene rings is 1. The highest BCUT2D eigenvalue weighted by Crippen LogP contribution is 2.49. The molecule has 23 heavy (non-hydrogen) atoms. The number of methoxy groups -OCH3 is 1. The molecule has 4 nitrogen and oxygen atoms in total. The molecule has 2 heterocycles. The average molecular weight is 312 g/mol. The molecule has 1 aliphatic heterocycles. The van der Waals surface area contributed by atoms with Gasteiger partial charge in [-0.1, -0.05) is 19.1 Å². The summed E-state index contributed by atoms with van der Waals surface area (Å²) in [5.41, 5.74) is 3.62. The minimum atomic E-state index is -0.388. The van der Waals surface area contributed by atoms with Gasteiger partial charge in [0.15, 0.2) is 0 Å². The Morgan fingerprint density at radius 1 is 1.48 bits per heavy atom. The maximum atomic E-state index is 12.5. The van der Waals surface area contributed by atoms with Crippen molar-refractivity contribution in [3.8, 4) is 0 Å². The van der Waals surface area contributed by atoms with Crippen molar-refractivity contribution in [3.05, 3.63) is 35.5 Å². The van der Waals surface area contributed by atoms with Crippen LogP contribution in [0.15, 0.2) is 24.4 Å². The van der Waals surface area contributed by atoms with Gasteiger partial charge in [-0.2, -0.15) is 0 Å². The molecule has 0 saturated carbocycles. The summed E-state index contributed by atoms with van der Waals surface area (Å²) >= 11 is 0. The third kappa shape index (κ3) is 1.97. The number of aromatic nitrogens is 1. The van der Waals surface area contributed by atoms with Crippen molar-refractivity contribution in [3.63, 3.8) is 0 Å². The molecule has 0 radical (unpaired) electrons. The fourth-order valence-electron chi connectivity index (χ4n) is 4.88. The molecule has 1 N–H and O–H groups in total. The number of H-pyrrole nitrogens is 1. The predicted molar refractivity (Wildman–Crippen MR) is 90.5 cm³/mol. The maximum Gasteiger partial charge on any atom is 0.313 e. The summed E-state index contributed by atoms with van der Waals surface area (Å²) in [4.78, 5) is 18.3. The number of aromatic amines is 1. The summed E-state index contributed by atoms with van der Waals surface area (Å²) < 4.78 is 5.17. The van der Waals surface area contributed by atoms with Crippen LogP contribution in [0.1, 0.15) is 36.8 Å². The molecule has 2 aromatic rings. The highest BCUT2D eigenvalue weighted by Gasteiger charge is 2.50. The van der Waals surface area contributed by atoms with Crippen molar-refractivity contribution in [2.75, 3.05) is 20.7 Å². The number of hydrogen-bond donors (Lipinski definition) is 1. The number of nitrogens with zero attached hydrogens (tertiary/aromatic N) is 1. The zero-order valence-corrected chi connectivity index (χ0v) is 14.1. The van der Waals surface area contributed by atoms with Crippen molar-refractivity contribution in [1.29, 1.82) is 0 Å². The summed E-state index contributed by atoms with van der Waals surface area (Å²) in [5, 5.41) is 1.37. The van der Waals surface area contributed by atoms with E-state index in [4.69, 9.17) is 4.74 Å². The van der Waals surface area contributed by atoms with Gasteiger partial charge < -0.3 is 14.6 Å². The lowest BCUT2D eigenvalue weighted by Gasteiger charge is -2.49. The molecule has 4 rings (SSSR count). The van der Waals surface area contributed by atoms with E-state index in [0.717, 1.165) is 25.8 Å². The molecule has 1 aromatic carbocycles. The number of likely N-dealkylation sites (N-methyl/N-ethyl adjacent to an activating group) is 1. The van der Waals surface area contributed by atoms with E-state index in [0.29, 0.717) is 12.0 Å². The van der Waals surface area contributed by atoms with E-state index in [2.05, 4.69) is 48.3 Å². The van der Waals surface area contributed by atoms with Gasteiger partial charge >= 0.3 is 5.97 Å². The van der Waals surface area contributed by atoms with Crippen molar-refractivity contribution in [1.82, 2.24) is 9.88 Å². The molecule has 0 spiro atoms. The van der Waals surface area contributed by atoms with E-state index < -0.39 is 0 Å². The van der Waals surface area contributed by atoms with Crippen molar-refractivity contribution in [2.45, 2.75) is 38.1 Å². The fourth-order valence-corrected chi connectivity index (χ4v) is 4.88. The van der Waals surface area contributed by atoms with Crippen LogP contribution in [0.25, 0.3) is 10.9 Å². The minimum Gasteiger partial charge on any atom is -0.469 e. The van der Waals surface area contributed by atoms with Crippen molar-refractivity contribution < 1.29 is 9.53 Å². The predicted octanol–water partition coefficient (Wildman–Crippen LogP) is 3.08. The first-order chi connectivity index (χ1) is 11.1. The number of carbonyl (C=O) groups excluding carboxylic acids is 1. The molecule has 0 bridgehead atoms. The Hall–Kier alpha value is -1.81. The normalized spacial score (nSPS) is 30.2. The van der Waals surface area contributed by atoms with Gasteiger partial charge in [-0.15, -0.1) is 0 Å². The summed E-state index contributed by atoms with van der Waals surface area (Å²) in [6.07, 6.45) is 4.91. The number of piperidine rings is 1. The second-order valence-corrected chi connectivity index (χ2v) is 7.21. The minimum absolute atomic E-state index is 0.0580. The van der Waals surface area contributed by atoms with Crippen LogP contribution in [0, 0.1) is 5.41 Å². The Labute approximate surface area is 136 Å². The molecular weight excluding hydrogens is 288 g/mol. The average Bonchev–Trinajstić information content (AvgIpc) is 2.99. The van der Waals surface area contributed by atoms with Crippen LogP contribution in [0.5, 0.6) is 0 Å². The van der Waals surface area contributed by atoms with Crippen molar-refractivity contribution >= 4 is 16.9 Å². The Bertz CT molecular complexity index is 766. The van der Waals surface area contributed by atoms with E-state index in [-0.39, 0.29) is 11.4 Å². The molecule has 0 amide bonds. The van der Waals surface area contributed by atoms with Gasteiger partial charge in [-0.3, -0.25) is 4.79 Å². The molecule has 1 saturated heterocycles. The van der Waals surface area contributed by atoms with E-state index in [1.807, 2.05) is 0 Å². The standard InChI is InChI=1S/C19H24N2O2/c1-4-19(18(22)23-3)9-14-13-6-5-7-15-17(13)12(10-20-15)8-16(14)21(2)11-19/h5-7,10,14,16,20H,4,8-9,11H2,1-3H3/t14?,16-,19-/m1/s1. The second kappa shape index (κ2) is 5.10. The number of hydrogen-bond acceptors (Lipinski definition) is 3. The van der Waals surface area contributed by atoms with Gasteiger partial charge in [-0.05, 0) is 43.5 Å². The lowest BCUT2D eigenvalue weighted by atomic mass is 9.65. The van der Waals surface area contributed by atoms with Crippen LogP contribution in [-0.4, -0.2) is 42.6 Å². The van der Waals surface area contributed by atoms with Crippen LogP contribution in [0.2, 0.25) is 0 Å². The zero-order chi connectivity index (χ0) is 16.2. The molecular formula is C19H24N2O2. The quantitative estimate of drug-likeness (QED) is 0.867. The number of likely N-dealkylation sites (tertiary alicyclic amines) is 1. The van der Waals surface area contributed by atoms with E-state index in [1.165, 1.54) is 29.1 Å². The third-order valence-corrected chi connectivity index (χ3v) is 6.14. The Kier molecular flexibility index (Phi) is 3.27. The SMILES string of the molecule is CC[C@@]1(C(=O)OC)CC2c3cccc4[nH]cc(c34)C[C@H]2N(C)C1. The monoisotopic (exact) mass is 312 g/mol. The Balaban J connectivity index is 1.83. The molecule has 4 heteroatoms. The largest absolute Gasteiger partial charge is 0.469 e. The number of nitrogens with one attached hydrogen (secondary N) is 1. The highest BCUT2D eigenvalue weighted by molar-refractivity contribution is 5.88. The zero-order valence-electron chi connectivity index (χ0n) is 14.1. The molecule has 1 unspecified atom stereocenters. The highest BCUT2D eigenvalue weighted by atomic mass is 16.5. The van der Waals surface area contributed by atoms with Gasteiger partial charge in [0.25, 0.3) is 0 Å². The number of esters is 1. The molecule has 1 aromatic heterocycles. The first-order valence-corrected chi connectivity index (χ1v) is 8.47. The van der Waals surface area contributed by atoms with Crippen LogP contribution in [0.4, 0.5) is 0 Å². The first-order valence-electron chi connectivity index (χ1n) is 8.47. The van der Waals surface area contributed by atoms with Crippen molar-refractivity contribution in [2.24, 2.45) is 5.41 Å². The number of fused-ring (bicyclic) bond motifs is 2. The molecule has 2 aliphatic rings.